The maximum absolute atomic E-state index is 12.1. The third-order valence-corrected chi connectivity index (χ3v) is 3.66. The molecule has 0 fully saturated rings. The van der Waals surface area contributed by atoms with E-state index < -0.39 is 23.9 Å². The monoisotopic (exact) mass is 358 g/mol. The van der Waals surface area contributed by atoms with Crippen LogP contribution in [-0.2, 0) is 14.3 Å². The SMILES string of the molecule is CC(C)c1ccc(NC(=O)[C@H](C)OC(=O)CNC(=O)c2ccco2)cc1. The lowest BCUT2D eigenvalue weighted by atomic mass is 10.0. The maximum Gasteiger partial charge on any atom is 0.326 e. The van der Waals surface area contributed by atoms with Gasteiger partial charge in [-0.15, -0.1) is 0 Å². The molecule has 0 unspecified atom stereocenters. The summed E-state index contributed by atoms with van der Waals surface area (Å²) in [5.74, 6) is -1.21. The first kappa shape index (κ1) is 19.2. The van der Waals surface area contributed by atoms with E-state index in [0.29, 0.717) is 11.6 Å². The summed E-state index contributed by atoms with van der Waals surface area (Å²) >= 11 is 0. The minimum absolute atomic E-state index is 0.0911. The Hall–Kier alpha value is -3.09. The second-order valence-corrected chi connectivity index (χ2v) is 6.06. The molecule has 7 heteroatoms. The first-order chi connectivity index (χ1) is 12.4. The summed E-state index contributed by atoms with van der Waals surface area (Å²) < 4.78 is 9.93. The van der Waals surface area contributed by atoms with E-state index in [1.165, 1.54) is 19.3 Å². The van der Waals surface area contributed by atoms with E-state index in [1.807, 2.05) is 12.1 Å². The summed E-state index contributed by atoms with van der Waals surface area (Å²) in [6.07, 6.45) is 0.362. The van der Waals surface area contributed by atoms with Crippen LogP contribution in [0.2, 0.25) is 0 Å². The number of benzene rings is 1. The Kier molecular flexibility index (Phi) is 6.54. The predicted molar refractivity (Wildman–Crippen MR) is 95.8 cm³/mol. The van der Waals surface area contributed by atoms with Gasteiger partial charge in [-0.25, -0.2) is 0 Å². The molecule has 2 rings (SSSR count). The number of carbonyl (C=O) groups excluding carboxylic acids is 3. The lowest BCUT2D eigenvalue weighted by Crippen LogP contribution is -2.35. The number of carbonyl (C=O) groups is 3. The first-order valence-electron chi connectivity index (χ1n) is 8.29. The molecule has 0 aliphatic rings. The van der Waals surface area contributed by atoms with Gasteiger partial charge in [-0.1, -0.05) is 26.0 Å². The Bertz CT molecular complexity index is 751. The Labute approximate surface area is 151 Å². The van der Waals surface area contributed by atoms with Crippen molar-refractivity contribution in [1.29, 1.82) is 0 Å². The highest BCUT2D eigenvalue weighted by molar-refractivity contribution is 5.96. The molecule has 2 N–H and O–H groups in total. The number of ether oxygens (including phenoxy) is 1. The summed E-state index contributed by atoms with van der Waals surface area (Å²) in [4.78, 5) is 35.5. The van der Waals surface area contributed by atoms with Crippen LogP contribution in [-0.4, -0.2) is 30.4 Å². The molecule has 138 valence electrons. The molecule has 0 aliphatic heterocycles. The Balaban J connectivity index is 1.78. The highest BCUT2D eigenvalue weighted by atomic mass is 16.5. The van der Waals surface area contributed by atoms with Crippen LogP contribution < -0.4 is 10.6 Å². The summed E-state index contributed by atoms with van der Waals surface area (Å²) in [5.41, 5.74) is 1.78. The maximum atomic E-state index is 12.1. The molecule has 7 nitrogen and oxygen atoms in total. The van der Waals surface area contributed by atoms with Crippen LogP contribution in [0, 0.1) is 0 Å². The molecule has 0 aliphatic carbocycles. The molecule has 2 amide bonds. The third-order valence-electron chi connectivity index (χ3n) is 3.66. The predicted octanol–water partition coefficient (Wildman–Crippen LogP) is 2.70. The van der Waals surface area contributed by atoms with E-state index >= 15 is 0 Å². The van der Waals surface area contributed by atoms with Crippen molar-refractivity contribution in [3.05, 3.63) is 54.0 Å². The molecule has 0 radical (unpaired) electrons. The molecule has 2 aromatic rings. The number of anilines is 1. The zero-order valence-electron chi connectivity index (χ0n) is 14.9. The van der Waals surface area contributed by atoms with Gasteiger partial charge in [-0.05, 0) is 42.7 Å². The van der Waals surface area contributed by atoms with Gasteiger partial charge in [-0.3, -0.25) is 14.4 Å². The Morgan fingerprint density at radius 1 is 1.08 bits per heavy atom. The van der Waals surface area contributed by atoms with Gasteiger partial charge in [0.1, 0.15) is 6.54 Å². The number of amides is 2. The van der Waals surface area contributed by atoms with Crippen LogP contribution >= 0.6 is 0 Å². The Morgan fingerprint density at radius 3 is 2.35 bits per heavy atom. The average Bonchev–Trinajstić information content (AvgIpc) is 3.14. The van der Waals surface area contributed by atoms with Gasteiger partial charge in [0.15, 0.2) is 11.9 Å². The smallest absolute Gasteiger partial charge is 0.326 e. The van der Waals surface area contributed by atoms with Gasteiger partial charge >= 0.3 is 5.97 Å². The standard InChI is InChI=1S/C19H22N2O5/c1-12(2)14-6-8-15(9-7-14)21-18(23)13(3)26-17(22)11-20-19(24)16-5-4-10-25-16/h4-10,12-13H,11H2,1-3H3,(H,20,24)(H,21,23)/t13-/m0/s1. The molecule has 1 aromatic heterocycles. The number of rotatable bonds is 7. The topological polar surface area (TPSA) is 97.6 Å². The molecule has 0 bridgehead atoms. The summed E-state index contributed by atoms with van der Waals surface area (Å²) in [5, 5.41) is 5.04. The minimum atomic E-state index is -0.993. The molecule has 0 spiro atoms. The quantitative estimate of drug-likeness (QED) is 0.742. The van der Waals surface area contributed by atoms with Crippen molar-refractivity contribution in [2.24, 2.45) is 0 Å². The van der Waals surface area contributed by atoms with Crippen molar-refractivity contribution in [2.75, 3.05) is 11.9 Å². The number of furan rings is 1. The second kappa shape index (κ2) is 8.84. The van der Waals surface area contributed by atoms with Gasteiger partial charge in [0, 0.05) is 5.69 Å². The first-order valence-corrected chi connectivity index (χ1v) is 8.29. The fourth-order valence-corrected chi connectivity index (χ4v) is 2.13. The van der Waals surface area contributed by atoms with Gasteiger partial charge < -0.3 is 19.8 Å². The zero-order chi connectivity index (χ0) is 19.1. The molecule has 1 atom stereocenters. The van der Waals surface area contributed by atoms with Crippen LogP contribution in [0.25, 0.3) is 0 Å². The van der Waals surface area contributed by atoms with Gasteiger partial charge in [0.25, 0.3) is 11.8 Å². The van der Waals surface area contributed by atoms with E-state index in [1.54, 1.807) is 18.2 Å². The van der Waals surface area contributed by atoms with Crippen molar-refractivity contribution < 1.29 is 23.5 Å². The molecule has 1 aromatic carbocycles. The van der Waals surface area contributed by atoms with Crippen LogP contribution in [0.15, 0.2) is 47.1 Å². The third kappa shape index (κ3) is 5.47. The van der Waals surface area contributed by atoms with E-state index in [-0.39, 0.29) is 12.3 Å². The average molecular weight is 358 g/mol. The van der Waals surface area contributed by atoms with Crippen molar-refractivity contribution >= 4 is 23.5 Å². The number of hydrogen-bond donors (Lipinski definition) is 2. The van der Waals surface area contributed by atoms with Gasteiger partial charge in [0.2, 0.25) is 0 Å². The molecule has 0 saturated heterocycles. The summed E-state index contributed by atoms with van der Waals surface area (Å²) in [6.45, 7) is 5.27. The van der Waals surface area contributed by atoms with Gasteiger partial charge in [-0.2, -0.15) is 0 Å². The summed E-state index contributed by atoms with van der Waals surface area (Å²) in [6, 6.07) is 10.5. The zero-order valence-corrected chi connectivity index (χ0v) is 14.9. The highest BCUT2D eigenvalue weighted by Gasteiger charge is 2.19. The largest absolute Gasteiger partial charge is 0.459 e. The van der Waals surface area contributed by atoms with E-state index in [2.05, 4.69) is 24.5 Å². The van der Waals surface area contributed by atoms with E-state index in [4.69, 9.17) is 9.15 Å². The normalized spacial score (nSPS) is 11.7. The van der Waals surface area contributed by atoms with Crippen molar-refractivity contribution in [3.8, 4) is 0 Å². The lowest BCUT2D eigenvalue weighted by molar-refractivity contribution is -0.152. The Morgan fingerprint density at radius 2 is 1.77 bits per heavy atom. The number of nitrogens with one attached hydrogen (secondary N) is 2. The number of esters is 1. The fourth-order valence-electron chi connectivity index (χ4n) is 2.13. The van der Waals surface area contributed by atoms with Crippen molar-refractivity contribution in [1.82, 2.24) is 5.32 Å². The molecular formula is C19H22N2O5. The van der Waals surface area contributed by atoms with Crippen molar-refractivity contribution in [3.63, 3.8) is 0 Å². The van der Waals surface area contributed by atoms with E-state index in [0.717, 1.165) is 5.56 Å². The van der Waals surface area contributed by atoms with Crippen LogP contribution in [0.4, 0.5) is 5.69 Å². The lowest BCUT2D eigenvalue weighted by Gasteiger charge is -2.14. The molecule has 0 saturated carbocycles. The molecule has 26 heavy (non-hydrogen) atoms. The fraction of sp³-hybridized carbons (Fsp3) is 0.316. The van der Waals surface area contributed by atoms with Crippen LogP contribution in [0.5, 0.6) is 0 Å². The highest BCUT2D eigenvalue weighted by Crippen LogP contribution is 2.17. The minimum Gasteiger partial charge on any atom is -0.459 e. The molecule has 1 heterocycles. The van der Waals surface area contributed by atoms with E-state index in [9.17, 15) is 14.4 Å². The van der Waals surface area contributed by atoms with Crippen LogP contribution in [0.3, 0.4) is 0 Å². The second-order valence-electron chi connectivity index (χ2n) is 6.06. The summed E-state index contributed by atoms with van der Waals surface area (Å²) in [7, 11) is 0. The molecular weight excluding hydrogens is 336 g/mol. The van der Waals surface area contributed by atoms with Gasteiger partial charge in [0.05, 0.1) is 6.26 Å². The van der Waals surface area contributed by atoms with Crippen LogP contribution in [0.1, 0.15) is 42.8 Å². The number of hydrogen-bond acceptors (Lipinski definition) is 5. The van der Waals surface area contributed by atoms with Crippen molar-refractivity contribution in [2.45, 2.75) is 32.8 Å².